The molecule has 10 heteroatoms. The average Bonchev–Trinajstić information content (AvgIpc) is 3.47. The van der Waals surface area contributed by atoms with Gasteiger partial charge in [-0.1, -0.05) is 0 Å². The quantitative estimate of drug-likeness (QED) is 0.561. The Morgan fingerprint density at radius 1 is 1.15 bits per heavy atom. The predicted octanol–water partition coefficient (Wildman–Crippen LogP) is 3.87. The van der Waals surface area contributed by atoms with Crippen molar-refractivity contribution < 1.29 is 23.5 Å². The molecule has 1 aromatic carbocycles. The van der Waals surface area contributed by atoms with Crippen molar-refractivity contribution >= 4 is 23.6 Å². The van der Waals surface area contributed by atoms with E-state index in [1.807, 2.05) is 11.8 Å². The minimum Gasteiger partial charge on any atom is -0.450 e. The van der Waals surface area contributed by atoms with E-state index in [9.17, 15) is 18.8 Å². The second-order valence-electron chi connectivity index (χ2n) is 11.6. The number of piperidine rings is 2. The number of carbonyl (C=O) groups excluding carboxylic acids is 3. The number of carbonyl (C=O) groups is 3. The standard InChI is InChI=1S/C29H40FN5O4/c1-4-39-28(38)34-11-5-6-20-14-22(16-25(20)34)33-12-9-29(10-13-33)17-35(24-8-7-21(30)15-23(24)29)27(37)32-26(18(2)31)19(3)36/h7-8,15,20,22,25H,4-6,9-14,16-17,31H2,1-3H3,(H,32,37). The molecule has 5 rings (SSSR count). The molecule has 1 saturated carbocycles. The maximum absolute atomic E-state index is 14.5. The van der Waals surface area contributed by atoms with Gasteiger partial charge in [0.25, 0.3) is 0 Å². The fourth-order valence-electron chi connectivity index (χ4n) is 7.39. The van der Waals surface area contributed by atoms with Gasteiger partial charge in [-0.15, -0.1) is 0 Å². The first kappa shape index (κ1) is 27.4. The highest BCUT2D eigenvalue weighted by atomic mass is 19.1. The molecule has 4 aliphatic rings. The summed E-state index contributed by atoms with van der Waals surface area (Å²) >= 11 is 0. The summed E-state index contributed by atoms with van der Waals surface area (Å²) in [5.74, 6) is -0.138. The highest BCUT2D eigenvalue weighted by Gasteiger charge is 2.49. The first-order chi connectivity index (χ1) is 18.6. The van der Waals surface area contributed by atoms with Crippen LogP contribution in [0.2, 0.25) is 0 Å². The third kappa shape index (κ3) is 5.11. The second-order valence-corrected chi connectivity index (χ2v) is 11.6. The van der Waals surface area contributed by atoms with Crippen molar-refractivity contribution in [3.63, 3.8) is 0 Å². The molecule has 3 aliphatic heterocycles. The van der Waals surface area contributed by atoms with Gasteiger partial charge in [-0.25, -0.2) is 14.0 Å². The number of amides is 3. The minimum absolute atomic E-state index is 0.0824. The molecule has 2 saturated heterocycles. The summed E-state index contributed by atoms with van der Waals surface area (Å²) in [4.78, 5) is 44.0. The molecule has 1 aromatic rings. The minimum atomic E-state index is -0.434. The highest BCUT2D eigenvalue weighted by molar-refractivity contribution is 6.02. The van der Waals surface area contributed by atoms with Crippen LogP contribution in [0.1, 0.15) is 64.9 Å². The molecule has 3 unspecified atom stereocenters. The van der Waals surface area contributed by atoms with Crippen LogP contribution in [0.25, 0.3) is 0 Å². The Kier molecular flexibility index (Phi) is 7.59. The van der Waals surface area contributed by atoms with Crippen LogP contribution in [0.4, 0.5) is 19.7 Å². The number of allylic oxidation sites excluding steroid dienone is 2. The van der Waals surface area contributed by atoms with Gasteiger partial charge in [0.1, 0.15) is 11.5 Å². The fourth-order valence-corrected chi connectivity index (χ4v) is 7.39. The molecule has 3 heterocycles. The SMILES string of the molecule is CCOC(=O)N1CCCC2CC(N3CCC4(CC3)CN(C(=O)NC(C(C)=O)=C(C)N)c3ccc(F)cc34)CC21. The Morgan fingerprint density at radius 3 is 2.56 bits per heavy atom. The lowest BCUT2D eigenvalue weighted by atomic mass is 9.74. The van der Waals surface area contributed by atoms with Gasteiger partial charge in [0.15, 0.2) is 5.78 Å². The largest absolute Gasteiger partial charge is 0.450 e. The van der Waals surface area contributed by atoms with Crippen molar-refractivity contribution in [2.45, 2.75) is 76.8 Å². The van der Waals surface area contributed by atoms with Gasteiger partial charge in [-0.3, -0.25) is 9.69 Å². The molecule has 9 nitrogen and oxygen atoms in total. The molecule has 0 bridgehead atoms. The van der Waals surface area contributed by atoms with E-state index >= 15 is 0 Å². The van der Waals surface area contributed by atoms with Gasteiger partial charge < -0.3 is 25.6 Å². The first-order valence-electron chi connectivity index (χ1n) is 14.2. The molecular weight excluding hydrogens is 501 g/mol. The second kappa shape index (κ2) is 10.8. The number of nitrogens with one attached hydrogen (secondary N) is 1. The van der Waals surface area contributed by atoms with Gasteiger partial charge in [0.2, 0.25) is 0 Å². The van der Waals surface area contributed by atoms with Gasteiger partial charge >= 0.3 is 12.1 Å². The Bertz CT molecular complexity index is 1170. The number of nitrogens with zero attached hydrogens (tertiary/aromatic N) is 3. The number of ether oxygens (including phenoxy) is 1. The number of likely N-dealkylation sites (tertiary alicyclic amines) is 2. The van der Waals surface area contributed by atoms with Gasteiger partial charge in [0, 0.05) is 48.9 Å². The maximum atomic E-state index is 14.5. The summed E-state index contributed by atoms with van der Waals surface area (Å²) in [6.07, 6.45) is 5.59. The van der Waals surface area contributed by atoms with Crippen molar-refractivity contribution in [3.8, 4) is 0 Å². The van der Waals surface area contributed by atoms with Gasteiger partial charge in [-0.05, 0) is 95.1 Å². The Hall–Kier alpha value is -3.14. The third-order valence-corrected chi connectivity index (χ3v) is 9.29. The van der Waals surface area contributed by atoms with Crippen LogP contribution in [0.5, 0.6) is 0 Å². The summed E-state index contributed by atoms with van der Waals surface area (Å²) in [5.41, 5.74) is 7.34. The Morgan fingerprint density at radius 2 is 1.90 bits per heavy atom. The molecule has 1 spiro atoms. The number of rotatable bonds is 4. The lowest BCUT2D eigenvalue weighted by molar-refractivity contribution is -0.113. The molecule has 3 fully saturated rings. The number of urea groups is 1. The lowest BCUT2D eigenvalue weighted by Crippen LogP contribution is -2.50. The maximum Gasteiger partial charge on any atom is 0.410 e. The number of hydrogen-bond donors (Lipinski definition) is 2. The topological polar surface area (TPSA) is 108 Å². The molecular formula is C29H40FN5O4. The average molecular weight is 542 g/mol. The number of anilines is 1. The van der Waals surface area contributed by atoms with E-state index in [2.05, 4.69) is 10.2 Å². The molecule has 1 aliphatic carbocycles. The van der Waals surface area contributed by atoms with Crippen LogP contribution in [0, 0.1) is 11.7 Å². The van der Waals surface area contributed by atoms with Gasteiger partial charge in [-0.2, -0.15) is 0 Å². The number of ketones is 1. The van der Waals surface area contributed by atoms with Crippen LogP contribution >= 0.6 is 0 Å². The molecule has 39 heavy (non-hydrogen) atoms. The zero-order chi connectivity index (χ0) is 27.9. The third-order valence-electron chi connectivity index (χ3n) is 9.29. The highest BCUT2D eigenvalue weighted by Crippen LogP contribution is 2.49. The van der Waals surface area contributed by atoms with Crippen LogP contribution in [0.3, 0.4) is 0 Å². The lowest BCUT2D eigenvalue weighted by Gasteiger charge is -2.42. The molecule has 212 valence electrons. The van der Waals surface area contributed by atoms with Gasteiger partial charge in [0.05, 0.1) is 6.61 Å². The van der Waals surface area contributed by atoms with Crippen LogP contribution in [-0.2, 0) is 14.9 Å². The zero-order valence-electron chi connectivity index (χ0n) is 23.2. The molecule has 0 aromatic heterocycles. The Labute approximate surface area is 229 Å². The molecule has 3 N–H and O–H groups in total. The van der Waals surface area contributed by atoms with Crippen molar-refractivity contribution in [1.29, 1.82) is 0 Å². The summed E-state index contributed by atoms with van der Waals surface area (Å²) in [5, 5.41) is 2.69. The summed E-state index contributed by atoms with van der Waals surface area (Å²) < 4.78 is 19.8. The summed E-state index contributed by atoms with van der Waals surface area (Å²) in [6.45, 7) is 8.04. The predicted molar refractivity (Wildman–Crippen MR) is 146 cm³/mol. The van der Waals surface area contributed by atoms with Crippen LogP contribution < -0.4 is 16.0 Å². The van der Waals surface area contributed by atoms with E-state index in [4.69, 9.17) is 10.5 Å². The number of fused-ring (bicyclic) bond motifs is 3. The van der Waals surface area contributed by atoms with E-state index in [-0.39, 0.29) is 40.5 Å². The van der Waals surface area contributed by atoms with E-state index < -0.39 is 6.03 Å². The van der Waals surface area contributed by atoms with Crippen molar-refractivity contribution in [1.82, 2.24) is 15.1 Å². The normalized spacial score (nSPS) is 26.6. The van der Waals surface area contributed by atoms with Crippen molar-refractivity contribution in [2.75, 3.05) is 37.7 Å². The van der Waals surface area contributed by atoms with Crippen molar-refractivity contribution in [3.05, 3.63) is 41.0 Å². The molecule has 3 amide bonds. The Balaban J connectivity index is 1.30. The van der Waals surface area contributed by atoms with E-state index in [1.165, 1.54) is 13.0 Å². The van der Waals surface area contributed by atoms with E-state index in [0.717, 1.165) is 63.7 Å². The summed E-state index contributed by atoms with van der Waals surface area (Å²) in [7, 11) is 0. The smallest absolute Gasteiger partial charge is 0.410 e. The molecule has 0 radical (unpaired) electrons. The number of benzene rings is 1. The van der Waals surface area contributed by atoms with Crippen molar-refractivity contribution in [2.24, 2.45) is 11.7 Å². The van der Waals surface area contributed by atoms with Crippen LogP contribution in [0.15, 0.2) is 29.6 Å². The zero-order valence-corrected chi connectivity index (χ0v) is 23.2. The number of Topliss-reactive ketones (excluding diaryl/α,β-unsaturated/α-hetero) is 1. The van der Waals surface area contributed by atoms with Crippen LogP contribution in [-0.4, -0.2) is 72.6 Å². The fraction of sp³-hybridized carbons (Fsp3) is 0.621. The number of halogens is 1. The first-order valence-corrected chi connectivity index (χ1v) is 14.2. The monoisotopic (exact) mass is 541 g/mol. The number of nitrogens with two attached hydrogens (primary N) is 1. The van der Waals surface area contributed by atoms with E-state index in [1.54, 1.807) is 24.0 Å². The number of hydrogen-bond acceptors (Lipinski definition) is 6. The summed E-state index contributed by atoms with van der Waals surface area (Å²) in [6, 6.07) is 4.79. The van der Waals surface area contributed by atoms with E-state index in [0.29, 0.717) is 30.8 Å². The molecule has 3 atom stereocenters.